The third-order valence-electron chi connectivity index (χ3n) is 3.26. The second-order valence-corrected chi connectivity index (χ2v) is 4.87. The molecule has 1 aliphatic heterocycles. The van der Waals surface area contributed by atoms with Gasteiger partial charge in [0.1, 0.15) is 5.75 Å². The quantitative estimate of drug-likeness (QED) is 0.808. The van der Waals surface area contributed by atoms with Crippen LogP contribution in [0.25, 0.3) is 0 Å². The maximum Gasteiger partial charge on any atom is 0.411 e. The Labute approximate surface area is 131 Å². The topological polar surface area (TPSA) is 111 Å². The van der Waals surface area contributed by atoms with Gasteiger partial charge in [0.15, 0.2) is 5.60 Å². The van der Waals surface area contributed by atoms with E-state index in [1.807, 2.05) is 5.32 Å². The lowest BCUT2D eigenvalue weighted by atomic mass is 9.91. The average molecular weight is 321 g/mol. The van der Waals surface area contributed by atoms with Crippen LogP contribution < -0.4 is 10.1 Å². The number of ketones is 1. The molecule has 1 amide bonds. The molecule has 0 fully saturated rings. The van der Waals surface area contributed by atoms with Crippen molar-refractivity contribution in [2.45, 2.75) is 19.4 Å². The van der Waals surface area contributed by atoms with E-state index in [4.69, 9.17) is 19.3 Å². The van der Waals surface area contributed by atoms with Gasteiger partial charge in [0.2, 0.25) is 11.6 Å². The molecule has 1 aromatic rings. The van der Waals surface area contributed by atoms with E-state index >= 15 is 0 Å². The number of esters is 1. The van der Waals surface area contributed by atoms with Gasteiger partial charge in [-0.3, -0.25) is 14.9 Å². The number of nitrogens with one attached hydrogen (secondary N) is 1. The fraction of sp³-hybridized carbons (Fsp3) is 0.267. The molecule has 1 aromatic carbocycles. The molecular weight excluding hydrogens is 306 g/mol. The lowest BCUT2D eigenvalue weighted by Gasteiger charge is -2.23. The van der Waals surface area contributed by atoms with E-state index in [9.17, 15) is 14.4 Å². The summed E-state index contributed by atoms with van der Waals surface area (Å²) < 4.78 is 15.3. The predicted molar refractivity (Wildman–Crippen MR) is 76.4 cm³/mol. The van der Waals surface area contributed by atoms with Crippen LogP contribution in [0.5, 0.6) is 5.75 Å². The lowest BCUT2D eigenvalue weighted by molar-refractivity contribution is -0.142. The Kier molecular flexibility index (Phi) is 4.26. The minimum atomic E-state index is -1.52. The molecule has 0 radical (unpaired) electrons. The van der Waals surface area contributed by atoms with Crippen LogP contribution >= 0.6 is 0 Å². The molecule has 0 aliphatic carbocycles. The van der Waals surface area contributed by atoms with Crippen LogP contribution in [-0.4, -0.2) is 30.1 Å². The van der Waals surface area contributed by atoms with Gasteiger partial charge in [0, 0.05) is 12.5 Å². The summed E-state index contributed by atoms with van der Waals surface area (Å²) in [5, 5.41) is 10.8. The molecule has 1 atom stereocenters. The normalized spacial score (nSPS) is 20.0. The first kappa shape index (κ1) is 16.3. The molecule has 8 nitrogen and oxygen atoms in total. The Balaban J connectivity index is 2.40. The van der Waals surface area contributed by atoms with E-state index in [1.165, 1.54) is 14.0 Å². The molecule has 1 aliphatic rings. The molecule has 1 unspecified atom stereocenters. The number of methoxy groups -OCH3 is 1. The minimum absolute atomic E-state index is 0.420. The SMILES string of the molecule is COc1ccc(C2(C)OC(NC(=O)O)=C(OC(C)=O)C2=O)cc1. The summed E-state index contributed by atoms with van der Waals surface area (Å²) in [4.78, 5) is 34.6. The third kappa shape index (κ3) is 3.10. The highest BCUT2D eigenvalue weighted by molar-refractivity contribution is 6.04. The van der Waals surface area contributed by atoms with Gasteiger partial charge in [0.25, 0.3) is 5.78 Å². The zero-order valence-corrected chi connectivity index (χ0v) is 12.7. The number of ether oxygens (including phenoxy) is 3. The van der Waals surface area contributed by atoms with Crippen LogP contribution in [0.3, 0.4) is 0 Å². The van der Waals surface area contributed by atoms with Gasteiger partial charge in [-0.15, -0.1) is 0 Å². The van der Waals surface area contributed by atoms with Crippen LogP contribution in [0.2, 0.25) is 0 Å². The third-order valence-corrected chi connectivity index (χ3v) is 3.26. The van der Waals surface area contributed by atoms with Crippen molar-refractivity contribution in [3.8, 4) is 5.75 Å². The number of rotatable bonds is 4. The van der Waals surface area contributed by atoms with E-state index in [-0.39, 0.29) is 0 Å². The zero-order valence-electron chi connectivity index (χ0n) is 12.7. The smallest absolute Gasteiger partial charge is 0.411 e. The molecule has 0 bridgehead atoms. The summed E-state index contributed by atoms with van der Waals surface area (Å²) in [5.74, 6) is -1.74. The molecule has 0 spiro atoms. The first-order chi connectivity index (χ1) is 10.8. The summed E-state index contributed by atoms with van der Waals surface area (Å²) in [6, 6.07) is 6.47. The van der Waals surface area contributed by atoms with Crippen LogP contribution in [0, 0.1) is 0 Å². The number of amides is 1. The average Bonchev–Trinajstić information content (AvgIpc) is 2.72. The Morgan fingerprint density at radius 2 is 1.87 bits per heavy atom. The first-order valence-electron chi connectivity index (χ1n) is 6.59. The zero-order chi connectivity index (χ0) is 17.2. The minimum Gasteiger partial charge on any atom is -0.497 e. The van der Waals surface area contributed by atoms with Crippen molar-refractivity contribution < 1.29 is 33.7 Å². The maximum absolute atomic E-state index is 12.6. The van der Waals surface area contributed by atoms with Crippen LogP contribution in [0.1, 0.15) is 19.4 Å². The Morgan fingerprint density at radius 3 is 2.35 bits per heavy atom. The van der Waals surface area contributed by atoms with Gasteiger partial charge >= 0.3 is 12.1 Å². The second kappa shape index (κ2) is 5.99. The number of carbonyl (C=O) groups excluding carboxylic acids is 2. The fourth-order valence-electron chi connectivity index (χ4n) is 2.13. The van der Waals surface area contributed by atoms with Crippen molar-refractivity contribution in [1.29, 1.82) is 0 Å². The van der Waals surface area contributed by atoms with Crippen LogP contribution in [0.15, 0.2) is 35.9 Å². The van der Waals surface area contributed by atoms with E-state index in [0.29, 0.717) is 11.3 Å². The summed E-state index contributed by atoms with van der Waals surface area (Å²) in [5.41, 5.74) is -1.07. The predicted octanol–water partition coefficient (Wildman–Crippen LogP) is 1.51. The van der Waals surface area contributed by atoms with Crippen molar-refractivity contribution in [3.05, 3.63) is 41.5 Å². The van der Waals surface area contributed by atoms with Gasteiger partial charge in [-0.25, -0.2) is 4.79 Å². The van der Waals surface area contributed by atoms with Crippen LogP contribution in [-0.2, 0) is 24.7 Å². The molecule has 8 heteroatoms. The molecule has 122 valence electrons. The molecule has 0 saturated heterocycles. The highest BCUT2D eigenvalue weighted by atomic mass is 16.6. The van der Waals surface area contributed by atoms with E-state index in [0.717, 1.165) is 6.92 Å². The lowest BCUT2D eigenvalue weighted by Crippen LogP contribution is -2.32. The van der Waals surface area contributed by atoms with Crippen LogP contribution in [0.4, 0.5) is 4.79 Å². The number of hydrogen-bond acceptors (Lipinski definition) is 6. The molecule has 1 heterocycles. The van der Waals surface area contributed by atoms with Crippen molar-refractivity contribution in [1.82, 2.24) is 5.32 Å². The highest BCUT2D eigenvalue weighted by Crippen LogP contribution is 2.38. The largest absolute Gasteiger partial charge is 0.497 e. The first-order valence-corrected chi connectivity index (χ1v) is 6.59. The van der Waals surface area contributed by atoms with Gasteiger partial charge < -0.3 is 19.3 Å². The summed E-state index contributed by atoms with van der Waals surface area (Å²) in [6.45, 7) is 2.55. The molecular formula is C15H15NO7. The Morgan fingerprint density at radius 1 is 1.26 bits per heavy atom. The van der Waals surface area contributed by atoms with E-state index in [2.05, 4.69) is 0 Å². The fourth-order valence-corrected chi connectivity index (χ4v) is 2.13. The molecule has 0 aromatic heterocycles. The molecule has 23 heavy (non-hydrogen) atoms. The van der Waals surface area contributed by atoms with Crippen molar-refractivity contribution >= 4 is 17.8 Å². The van der Waals surface area contributed by atoms with Gasteiger partial charge in [-0.05, 0) is 19.1 Å². The number of benzene rings is 1. The summed E-state index contributed by atoms with van der Waals surface area (Å²) >= 11 is 0. The number of carbonyl (C=O) groups is 3. The summed E-state index contributed by atoms with van der Waals surface area (Å²) in [7, 11) is 1.50. The molecule has 2 N–H and O–H groups in total. The van der Waals surface area contributed by atoms with Crippen molar-refractivity contribution in [2.75, 3.05) is 7.11 Å². The van der Waals surface area contributed by atoms with Gasteiger partial charge in [-0.2, -0.15) is 0 Å². The Hall–Kier alpha value is -3.03. The highest BCUT2D eigenvalue weighted by Gasteiger charge is 2.49. The van der Waals surface area contributed by atoms with E-state index < -0.39 is 35.1 Å². The number of carboxylic acid groups (broad SMARTS) is 1. The molecule has 2 rings (SSSR count). The Bertz CT molecular complexity index is 692. The summed E-state index contributed by atoms with van der Waals surface area (Å²) in [6.07, 6.45) is -1.45. The monoisotopic (exact) mass is 321 g/mol. The second-order valence-electron chi connectivity index (χ2n) is 4.87. The molecule has 0 saturated carbocycles. The van der Waals surface area contributed by atoms with Gasteiger partial charge in [-0.1, -0.05) is 12.1 Å². The van der Waals surface area contributed by atoms with Gasteiger partial charge in [0.05, 0.1) is 7.11 Å². The number of Topliss-reactive ketones (excluding diaryl/α,β-unsaturated/α-hetero) is 1. The maximum atomic E-state index is 12.6. The van der Waals surface area contributed by atoms with Crippen molar-refractivity contribution in [3.63, 3.8) is 0 Å². The van der Waals surface area contributed by atoms with Crippen molar-refractivity contribution in [2.24, 2.45) is 0 Å². The number of hydrogen-bond donors (Lipinski definition) is 2. The standard InChI is InChI=1S/C15H15NO7/c1-8(17)22-11-12(18)15(2,23-13(11)16-14(19)20)9-4-6-10(21-3)7-5-9/h4-7,16H,1-3H3,(H,19,20). The van der Waals surface area contributed by atoms with E-state index in [1.54, 1.807) is 24.3 Å².